The molecule has 0 unspecified atom stereocenters. The second-order valence-corrected chi connectivity index (χ2v) is 8.05. The van der Waals surface area contributed by atoms with Crippen LogP contribution < -0.4 is 26.8 Å². The van der Waals surface area contributed by atoms with Crippen LogP contribution in [0.1, 0.15) is 25.5 Å². The molecule has 0 radical (unpaired) electrons. The van der Waals surface area contributed by atoms with Gasteiger partial charge in [0.1, 0.15) is 30.2 Å². The molecule has 4 atom stereocenters. The van der Waals surface area contributed by atoms with Crippen molar-refractivity contribution >= 4 is 34.6 Å². The number of hydrogen-bond donors (Lipinski definition) is 6. The summed E-state index contributed by atoms with van der Waals surface area (Å²) < 4.78 is 7.29. The standard InChI is InChI=1S/C10H13N5O4.C9H15N5O/c11-8-5-9(13-2-12-8)15(3-14-5)10-7(18)6(17)4(1-16)19-10;10-7-6-8(12-9(11)14(7)15)13-4-2-1-3-5-13/h2-4,6-7,10,16-18H,1H2,(H2,11,12,13);6H,1-5,10H2,(H2,11,12)/t4-,6-,7-,10-;/m1./s1. The lowest BCUT2D eigenvalue weighted by molar-refractivity contribution is -0.576. The number of hydrogen-bond acceptors (Lipinski definition) is 13. The van der Waals surface area contributed by atoms with Crippen molar-refractivity contribution in [3.05, 3.63) is 23.9 Å². The Kier molecular flexibility index (Phi) is 6.78. The third kappa shape index (κ3) is 4.45. The fourth-order valence-electron chi connectivity index (χ4n) is 3.97. The van der Waals surface area contributed by atoms with E-state index in [1.54, 1.807) is 6.07 Å². The molecule has 2 saturated heterocycles. The van der Waals surface area contributed by atoms with Crippen molar-refractivity contribution in [2.45, 2.75) is 43.8 Å². The summed E-state index contributed by atoms with van der Waals surface area (Å²) in [4.78, 5) is 18.0. The summed E-state index contributed by atoms with van der Waals surface area (Å²) in [7, 11) is 0. The molecule has 0 amide bonds. The topological polar surface area (TPSA) is 235 Å². The molecule has 5 rings (SSSR count). The molecule has 2 fully saturated rings. The van der Waals surface area contributed by atoms with Crippen LogP contribution in [0.2, 0.25) is 0 Å². The number of anilines is 4. The van der Waals surface area contributed by atoms with Gasteiger partial charge in [0.05, 0.1) is 19.0 Å². The van der Waals surface area contributed by atoms with Crippen molar-refractivity contribution < 1.29 is 24.8 Å². The SMILES string of the molecule is Nc1cc(N2CCCCC2)nc(N)[n+]1[O-].Nc1ncnc2c1ncn2[C@@H]1O[C@H](CO)[C@@H](O)[C@H]1O. The number of imidazole rings is 1. The van der Waals surface area contributed by atoms with E-state index in [1.165, 1.54) is 23.6 Å². The number of aliphatic hydroxyl groups is 3. The number of piperidine rings is 1. The summed E-state index contributed by atoms with van der Waals surface area (Å²) in [6.45, 7) is 1.52. The van der Waals surface area contributed by atoms with Crippen molar-refractivity contribution in [3.63, 3.8) is 0 Å². The zero-order valence-electron chi connectivity index (χ0n) is 18.3. The molecule has 3 aromatic rings. The van der Waals surface area contributed by atoms with E-state index >= 15 is 0 Å². The molecular formula is C19H28N10O5. The zero-order valence-corrected chi connectivity index (χ0v) is 18.3. The minimum Gasteiger partial charge on any atom is -0.754 e. The van der Waals surface area contributed by atoms with Crippen LogP contribution >= 0.6 is 0 Å². The molecule has 15 nitrogen and oxygen atoms in total. The first-order valence-corrected chi connectivity index (χ1v) is 10.8. The Hall–Kier alpha value is -3.53. The highest BCUT2D eigenvalue weighted by molar-refractivity contribution is 5.81. The van der Waals surface area contributed by atoms with Gasteiger partial charge in [0.25, 0.3) is 0 Å². The molecule has 34 heavy (non-hydrogen) atoms. The van der Waals surface area contributed by atoms with Crippen molar-refractivity contribution in [1.82, 2.24) is 24.5 Å². The summed E-state index contributed by atoms with van der Waals surface area (Å²) in [6.07, 6.45) is 2.12. The lowest BCUT2D eigenvalue weighted by Gasteiger charge is -2.26. The van der Waals surface area contributed by atoms with E-state index in [-0.39, 0.29) is 17.6 Å². The Morgan fingerprint density at radius 3 is 2.47 bits per heavy atom. The average Bonchev–Trinajstić information content (AvgIpc) is 3.40. The van der Waals surface area contributed by atoms with Crippen LogP contribution in [0.5, 0.6) is 0 Å². The molecule has 184 valence electrons. The molecule has 15 heteroatoms. The van der Waals surface area contributed by atoms with Crippen molar-refractivity contribution in [2.75, 3.05) is 41.8 Å². The van der Waals surface area contributed by atoms with Crippen LogP contribution in [0.25, 0.3) is 11.2 Å². The molecular weight excluding hydrogens is 448 g/mol. The zero-order chi connectivity index (χ0) is 24.4. The third-order valence-electron chi connectivity index (χ3n) is 5.81. The van der Waals surface area contributed by atoms with Crippen molar-refractivity contribution in [2.24, 2.45) is 0 Å². The van der Waals surface area contributed by atoms with E-state index in [9.17, 15) is 15.4 Å². The van der Waals surface area contributed by atoms with Gasteiger partial charge in [0.2, 0.25) is 0 Å². The number of rotatable bonds is 3. The van der Waals surface area contributed by atoms with Crippen LogP contribution in [0.3, 0.4) is 0 Å². The van der Waals surface area contributed by atoms with Gasteiger partial charge in [-0.2, -0.15) is 0 Å². The molecule has 0 bridgehead atoms. The van der Waals surface area contributed by atoms with Gasteiger partial charge in [-0.3, -0.25) is 4.57 Å². The van der Waals surface area contributed by atoms with E-state index in [0.29, 0.717) is 21.7 Å². The predicted molar refractivity (Wildman–Crippen MR) is 121 cm³/mol. The van der Waals surface area contributed by atoms with Gasteiger partial charge < -0.3 is 47.4 Å². The molecule has 0 spiro atoms. The Morgan fingerprint density at radius 1 is 1.09 bits per heavy atom. The maximum atomic E-state index is 11.2. The molecule has 5 heterocycles. The highest BCUT2D eigenvalue weighted by Gasteiger charge is 2.44. The molecule has 3 aromatic heterocycles. The number of nitrogens with zero attached hydrogens (tertiary/aromatic N) is 7. The van der Waals surface area contributed by atoms with Gasteiger partial charge in [0.15, 0.2) is 29.3 Å². The van der Waals surface area contributed by atoms with Gasteiger partial charge in [-0.15, -0.1) is 0 Å². The second kappa shape index (κ2) is 9.76. The van der Waals surface area contributed by atoms with Gasteiger partial charge >= 0.3 is 5.95 Å². The van der Waals surface area contributed by atoms with Crippen LogP contribution in [-0.4, -0.2) is 77.8 Å². The van der Waals surface area contributed by atoms with E-state index in [2.05, 4.69) is 24.8 Å². The molecule has 0 saturated carbocycles. The lowest BCUT2D eigenvalue weighted by Crippen LogP contribution is -2.38. The second-order valence-electron chi connectivity index (χ2n) is 8.05. The van der Waals surface area contributed by atoms with E-state index in [4.69, 9.17) is 27.0 Å². The van der Waals surface area contributed by atoms with Crippen LogP contribution in [-0.2, 0) is 4.74 Å². The van der Waals surface area contributed by atoms with Crippen LogP contribution in [0.4, 0.5) is 23.4 Å². The largest absolute Gasteiger partial charge is 0.754 e. The maximum absolute atomic E-state index is 11.2. The average molecular weight is 476 g/mol. The summed E-state index contributed by atoms with van der Waals surface area (Å²) in [5, 5.41) is 39.9. The first-order valence-electron chi connectivity index (χ1n) is 10.8. The first kappa shape index (κ1) is 23.6. The van der Waals surface area contributed by atoms with Crippen LogP contribution in [0.15, 0.2) is 18.7 Å². The number of nitrogens with two attached hydrogens (primary N) is 3. The predicted octanol–water partition coefficient (Wildman–Crippen LogP) is -2.11. The van der Waals surface area contributed by atoms with Crippen molar-refractivity contribution in [1.29, 1.82) is 0 Å². The van der Waals surface area contributed by atoms with E-state index in [0.717, 1.165) is 25.9 Å². The molecule has 0 aliphatic carbocycles. The normalized spacial score (nSPS) is 24.7. The number of aromatic nitrogens is 6. The monoisotopic (exact) mass is 476 g/mol. The maximum Gasteiger partial charge on any atom is 0.346 e. The Morgan fingerprint density at radius 2 is 1.82 bits per heavy atom. The third-order valence-corrected chi connectivity index (χ3v) is 5.81. The Bertz CT molecular complexity index is 1110. The number of nitrogen functional groups attached to an aromatic ring is 3. The highest BCUT2D eigenvalue weighted by atomic mass is 16.6. The van der Waals surface area contributed by atoms with Gasteiger partial charge in [-0.1, -0.05) is 4.98 Å². The molecule has 9 N–H and O–H groups in total. The van der Waals surface area contributed by atoms with Gasteiger partial charge in [-0.05, 0) is 19.3 Å². The Balaban J connectivity index is 0.000000166. The smallest absolute Gasteiger partial charge is 0.346 e. The molecule has 2 aliphatic rings. The highest BCUT2D eigenvalue weighted by Crippen LogP contribution is 2.31. The summed E-state index contributed by atoms with van der Waals surface area (Å²) in [6, 6.07) is 1.58. The summed E-state index contributed by atoms with van der Waals surface area (Å²) in [5.41, 5.74) is 17.4. The first-order chi connectivity index (χ1) is 16.3. The Labute approximate surface area is 194 Å². The summed E-state index contributed by atoms with van der Waals surface area (Å²) in [5.74, 6) is 0.936. The van der Waals surface area contributed by atoms with Gasteiger partial charge in [-0.25, -0.2) is 19.7 Å². The van der Waals surface area contributed by atoms with Gasteiger partial charge in [0, 0.05) is 13.1 Å². The quantitative estimate of drug-likeness (QED) is 0.175. The fraction of sp³-hybridized carbons (Fsp3) is 0.526. The van der Waals surface area contributed by atoms with Crippen LogP contribution in [0, 0.1) is 5.21 Å². The molecule has 0 aromatic carbocycles. The van der Waals surface area contributed by atoms with E-state index < -0.39 is 31.1 Å². The van der Waals surface area contributed by atoms with Crippen molar-refractivity contribution in [3.8, 4) is 0 Å². The van der Waals surface area contributed by atoms with E-state index in [1.807, 2.05) is 0 Å². The number of ether oxygens (including phenoxy) is 1. The minimum absolute atomic E-state index is 0.0874. The number of aliphatic hydroxyl groups excluding tert-OH is 3. The fourth-order valence-corrected chi connectivity index (χ4v) is 3.97. The lowest BCUT2D eigenvalue weighted by atomic mass is 10.1. The summed E-state index contributed by atoms with van der Waals surface area (Å²) >= 11 is 0. The molecule has 2 aliphatic heterocycles. The minimum atomic E-state index is -1.19. The number of fused-ring (bicyclic) bond motifs is 1.